The van der Waals surface area contributed by atoms with Crippen LogP contribution >= 0.6 is 23.4 Å². The molecule has 1 heterocycles. The Morgan fingerprint density at radius 2 is 1.82 bits per heavy atom. The van der Waals surface area contributed by atoms with Crippen molar-refractivity contribution in [2.45, 2.75) is 11.4 Å². The highest BCUT2D eigenvalue weighted by molar-refractivity contribution is 8.00. The highest BCUT2D eigenvalue weighted by Crippen LogP contribution is 2.27. The van der Waals surface area contributed by atoms with Gasteiger partial charge >= 0.3 is 0 Å². The van der Waals surface area contributed by atoms with E-state index in [1.165, 1.54) is 16.7 Å². The van der Waals surface area contributed by atoms with E-state index >= 15 is 0 Å². The van der Waals surface area contributed by atoms with Gasteiger partial charge in [-0.3, -0.25) is 9.59 Å². The number of carbonyl (C=O) groups is 2. The number of carbonyl (C=O) groups excluding carboxylic acids is 2. The first-order valence-electron chi connectivity index (χ1n) is 8.59. The van der Waals surface area contributed by atoms with Gasteiger partial charge in [0.25, 0.3) is 5.91 Å². The Morgan fingerprint density at radius 3 is 2.57 bits per heavy atom. The summed E-state index contributed by atoms with van der Waals surface area (Å²) in [5.74, 6) is 0.468. The van der Waals surface area contributed by atoms with Gasteiger partial charge in [0.1, 0.15) is 5.76 Å². The molecule has 3 rings (SSSR count). The summed E-state index contributed by atoms with van der Waals surface area (Å²) in [6, 6.07) is 17.9. The van der Waals surface area contributed by atoms with Crippen LogP contribution in [0.15, 0.2) is 76.2 Å². The Morgan fingerprint density at radius 1 is 1.07 bits per heavy atom. The van der Waals surface area contributed by atoms with Crippen molar-refractivity contribution in [2.75, 3.05) is 17.7 Å². The molecule has 3 aromatic rings. The molecule has 1 aromatic heterocycles. The Labute approximate surface area is 172 Å². The average Bonchev–Trinajstić information content (AvgIpc) is 3.24. The molecule has 144 valence electrons. The molecule has 7 heteroatoms. The predicted octanol–water partition coefficient (Wildman–Crippen LogP) is 4.62. The number of halogens is 1. The molecule has 0 fully saturated rings. The van der Waals surface area contributed by atoms with Crippen LogP contribution < -0.4 is 10.2 Å². The van der Waals surface area contributed by atoms with Crippen LogP contribution in [0.4, 0.5) is 5.69 Å². The van der Waals surface area contributed by atoms with E-state index in [1.807, 2.05) is 18.2 Å². The second kappa shape index (κ2) is 9.48. The first kappa shape index (κ1) is 20.0. The van der Waals surface area contributed by atoms with Crippen molar-refractivity contribution in [1.29, 1.82) is 0 Å². The van der Waals surface area contributed by atoms with E-state index in [2.05, 4.69) is 5.32 Å². The molecular formula is C21H19ClN2O3S. The lowest BCUT2D eigenvalue weighted by Gasteiger charge is -2.20. The Balaban J connectivity index is 1.67. The normalized spacial score (nSPS) is 10.5. The molecule has 0 unspecified atom stereocenters. The van der Waals surface area contributed by atoms with E-state index in [-0.39, 0.29) is 24.1 Å². The van der Waals surface area contributed by atoms with E-state index < -0.39 is 0 Å². The maximum Gasteiger partial charge on any atom is 0.253 e. The van der Waals surface area contributed by atoms with Crippen LogP contribution in [-0.4, -0.2) is 24.6 Å². The monoisotopic (exact) mass is 414 g/mol. The van der Waals surface area contributed by atoms with Gasteiger partial charge in [0.05, 0.1) is 34.8 Å². The van der Waals surface area contributed by atoms with Crippen molar-refractivity contribution in [2.24, 2.45) is 0 Å². The number of benzene rings is 2. The number of anilines is 1. The van der Waals surface area contributed by atoms with Crippen molar-refractivity contribution in [3.05, 3.63) is 83.3 Å². The van der Waals surface area contributed by atoms with Crippen LogP contribution in [0.3, 0.4) is 0 Å². The average molecular weight is 415 g/mol. The lowest BCUT2D eigenvalue weighted by atomic mass is 10.1. The fourth-order valence-corrected chi connectivity index (χ4v) is 3.72. The second-order valence-corrected chi connectivity index (χ2v) is 7.38. The summed E-state index contributed by atoms with van der Waals surface area (Å²) in [6.45, 7) is 0.278. The van der Waals surface area contributed by atoms with Crippen molar-refractivity contribution in [3.63, 3.8) is 0 Å². The molecule has 0 radical (unpaired) electrons. The minimum Gasteiger partial charge on any atom is -0.467 e. The number of furan rings is 1. The second-order valence-electron chi connectivity index (χ2n) is 5.95. The number of hydrogen-bond donors (Lipinski definition) is 1. The Hall–Kier alpha value is -2.70. The quantitative estimate of drug-likeness (QED) is 0.573. The van der Waals surface area contributed by atoms with Gasteiger partial charge in [-0.2, -0.15) is 0 Å². The summed E-state index contributed by atoms with van der Waals surface area (Å²) in [4.78, 5) is 27.6. The maximum absolute atomic E-state index is 12.7. The van der Waals surface area contributed by atoms with Gasteiger partial charge in [0.2, 0.25) is 5.91 Å². The Bertz CT molecular complexity index is 960. The fraction of sp³-hybridized carbons (Fsp3) is 0.143. The lowest BCUT2D eigenvalue weighted by molar-refractivity contribution is -0.115. The molecule has 28 heavy (non-hydrogen) atoms. The summed E-state index contributed by atoms with van der Waals surface area (Å²) in [6.07, 6.45) is 1.55. The minimum atomic E-state index is -0.273. The number of amides is 2. The van der Waals surface area contributed by atoms with Gasteiger partial charge in [0, 0.05) is 11.9 Å². The highest BCUT2D eigenvalue weighted by Gasteiger charge is 2.19. The third-order valence-corrected chi connectivity index (χ3v) is 5.58. The van der Waals surface area contributed by atoms with Crippen molar-refractivity contribution >= 4 is 40.9 Å². The van der Waals surface area contributed by atoms with E-state index in [4.69, 9.17) is 16.0 Å². The summed E-state index contributed by atoms with van der Waals surface area (Å²) >= 11 is 7.51. The third-order valence-electron chi connectivity index (χ3n) is 4.08. The number of nitrogens with zero attached hydrogens (tertiary/aromatic N) is 1. The van der Waals surface area contributed by atoms with E-state index in [1.54, 1.807) is 55.8 Å². The number of para-hydroxylation sites is 1. The van der Waals surface area contributed by atoms with Crippen LogP contribution in [0.1, 0.15) is 16.1 Å². The molecule has 0 spiro atoms. The largest absolute Gasteiger partial charge is 0.467 e. The summed E-state index contributed by atoms with van der Waals surface area (Å²) in [7, 11) is 1.66. The van der Waals surface area contributed by atoms with Crippen LogP contribution in [0, 0.1) is 0 Å². The van der Waals surface area contributed by atoms with Gasteiger partial charge < -0.3 is 14.6 Å². The number of hydrogen-bond acceptors (Lipinski definition) is 4. The molecule has 0 aliphatic carbocycles. The molecule has 0 saturated heterocycles. The maximum atomic E-state index is 12.7. The van der Waals surface area contributed by atoms with E-state index in [0.29, 0.717) is 22.0 Å². The number of thioether (sulfide) groups is 1. The molecular weight excluding hydrogens is 396 g/mol. The smallest absolute Gasteiger partial charge is 0.253 e. The van der Waals surface area contributed by atoms with Crippen molar-refractivity contribution in [1.82, 2.24) is 5.32 Å². The van der Waals surface area contributed by atoms with Gasteiger partial charge in [-0.1, -0.05) is 35.9 Å². The summed E-state index contributed by atoms with van der Waals surface area (Å²) in [5, 5.41) is 3.42. The zero-order chi connectivity index (χ0) is 19.9. The van der Waals surface area contributed by atoms with Crippen LogP contribution in [0.5, 0.6) is 0 Å². The first-order valence-corrected chi connectivity index (χ1v) is 9.96. The third kappa shape index (κ3) is 4.97. The first-order chi connectivity index (χ1) is 13.6. The predicted molar refractivity (Wildman–Crippen MR) is 112 cm³/mol. The van der Waals surface area contributed by atoms with Crippen LogP contribution in [0.25, 0.3) is 0 Å². The zero-order valence-electron chi connectivity index (χ0n) is 15.2. The van der Waals surface area contributed by atoms with Gasteiger partial charge in [0.15, 0.2) is 0 Å². The fourth-order valence-electron chi connectivity index (χ4n) is 2.57. The molecule has 1 N–H and O–H groups in total. The standard InChI is InChI=1S/C21H19ClN2O3S/c1-24(20(25)14-28-19-11-5-3-9-17(19)22)18-10-4-2-8-16(18)21(26)23-13-15-7-6-12-27-15/h2-12H,13-14H2,1H3,(H,23,26). The molecule has 2 amide bonds. The molecule has 0 bridgehead atoms. The van der Waals surface area contributed by atoms with Gasteiger partial charge in [-0.05, 0) is 36.4 Å². The summed E-state index contributed by atoms with van der Waals surface area (Å²) in [5.41, 5.74) is 0.969. The molecule has 5 nitrogen and oxygen atoms in total. The molecule has 0 aliphatic rings. The zero-order valence-corrected chi connectivity index (χ0v) is 16.8. The van der Waals surface area contributed by atoms with Crippen molar-refractivity contribution < 1.29 is 14.0 Å². The summed E-state index contributed by atoms with van der Waals surface area (Å²) < 4.78 is 5.23. The highest BCUT2D eigenvalue weighted by atomic mass is 35.5. The minimum absolute atomic E-state index is 0.129. The van der Waals surface area contributed by atoms with Crippen molar-refractivity contribution in [3.8, 4) is 0 Å². The molecule has 0 atom stereocenters. The SMILES string of the molecule is CN(C(=O)CSc1ccccc1Cl)c1ccccc1C(=O)NCc1ccco1. The number of nitrogens with one attached hydrogen (secondary N) is 1. The van der Waals surface area contributed by atoms with Crippen LogP contribution in [0.2, 0.25) is 5.02 Å². The lowest BCUT2D eigenvalue weighted by Crippen LogP contribution is -2.31. The molecule has 2 aromatic carbocycles. The van der Waals surface area contributed by atoms with E-state index in [9.17, 15) is 9.59 Å². The van der Waals surface area contributed by atoms with Crippen LogP contribution in [-0.2, 0) is 11.3 Å². The number of rotatable bonds is 7. The van der Waals surface area contributed by atoms with Gasteiger partial charge in [-0.25, -0.2) is 0 Å². The van der Waals surface area contributed by atoms with Gasteiger partial charge in [-0.15, -0.1) is 11.8 Å². The van der Waals surface area contributed by atoms with E-state index in [0.717, 1.165) is 4.90 Å². The topological polar surface area (TPSA) is 62.6 Å². The Kier molecular flexibility index (Phi) is 6.79. The molecule has 0 saturated carbocycles. The molecule has 0 aliphatic heterocycles.